The van der Waals surface area contributed by atoms with Gasteiger partial charge in [0.15, 0.2) is 0 Å². The number of nitrogens with zero attached hydrogens (tertiary/aromatic N) is 1. The van der Waals surface area contributed by atoms with Crippen LogP contribution in [-0.4, -0.2) is 16.8 Å². The van der Waals surface area contributed by atoms with Crippen LogP contribution in [0.4, 0.5) is 4.79 Å². The lowest BCUT2D eigenvalue weighted by Crippen LogP contribution is -2.50. The fraction of sp³-hybridized carbons (Fsp3) is 0.176. The van der Waals surface area contributed by atoms with E-state index in [0.29, 0.717) is 20.6 Å². The fourth-order valence-corrected chi connectivity index (χ4v) is 3.15. The predicted octanol–water partition coefficient (Wildman–Crippen LogP) is 4.83. The molecule has 0 spiro atoms. The second kappa shape index (κ2) is 7.01. The monoisotopic (exact) mass is 382 g/mol. The Hall–Kier alpha value is -1.75. The smallest absolute Gasteiger partial charge is 0.324 e. The van der Waals surface area contributed by atoms with Crippen LogP contribution in [0.3, 0.4) is 0 Å². The molecule has 24 heavy (non-hydrogen) atoms. The van der Waals surface area contributed by atoms with Gasteiger partial charge in [0.1, 0.15) is 0 Å². The van der Waals surface area contributed by atoms with Crippen LogP contribution in [0.5, 0.6) is 0 Å². The number of urea groups is 1. The predicted molar refractivity (Wildman–Crippen MR) is 94.4 cm³/mol. The van der Waals surface area contributed by atoms with Crippen LogP contribution in [0.25, 0.3) is 0 Å². The van der Waals surface area contributed by atoms with Crippen LogP contribution >= 0.6 is 34.8 Å². The van der Waals surface area contributed by atoms with Gasteiger partial charge in [0.25, 0.3) is 0 Å². The first-order valence-electron chi connectivity index (χ1n) is 7.24. The molecule has 1 fully saturated rings. The van der Waals surface area contributed by atoms with Crippen LogP contribution in [0.1, 0.15) is 23.6 Å². The van der Waals surface area contributed by atoms with Crippen molar-refractivity contribution in [2.24, 2.45) is 0 Å². The summed E-state index contributed by atoms with van der Waals surface area (Å²) in [5, 5.41) is 4.36. The minimum Gasteiger partial charge on any atom is -0.330 e. The Labute approximate surface area is 154 Å². The molecule has 1 atom stereocenters. The Morgan fingerprint density at radius 1 is 1.00 bits per heavy atom. The third-order valence-electron chi connectivity index (χ3n) is 3.84. The van der Waals surface area contributed by atoms with Crippen LogP contribution < -0.4 is 5.32 Å². The summed E-state index contributed by atoms with van der Waals surface area (Å²) < 4.78 is 0. The summed E-state index contributed by atoms with van der Waals surface area (Å²) in [5.41, 5.74) is 1.50. The second-order valence-electron chi connectivity index (χ2n) is 5.47. The van der Waals surface area contributed by atoms with Gasteiger partial charge in [-0.1, -0.05) is 53.0 Å². The quantitative estimate of drug-likeness (QED) is 0.825. The minimum atomic E-state index is -0.447. The zero-order valence-corrected chi connectivity index (χ0v) is 14.7. The van der Waals surface area contributed by atoms with E-state index in [1.165, 1.54) is 0 Å². The van der Waals surface area contributed by atoms with E-state index in [1.807, 2.05) is 0 Å². The van der Waals surface area contributed by atoms with Crippen molar-refractivity contribution in [1.82, 2.24) is 10.2 Å². The molecule has 3 amide bonds. The number of carbonyl (C=O) groups is 2. The first kappa shape index (κ1) is 17.1. The highest BCUT2D eigenvalue weighted by atomic mass is 35.5. The van der Waals surface area contributed by atoms with E-state index in [9.17, 15) is 9.59 Å². The Balaban J connectivity index is 1.75. The Bertz CT molecular complexity index is 775. The molecule has 0 bridgehead atoms. The lowest BCUT2D eigenvalue weighted by atomic mass is 10.0. The molecular weight excluding hydrogens is 371 g/mol. The highest BCUT2D eigenvalue weighted by molar-refractivity contribution is 6.35. The molecule has 2 aromatic rings. The average molecular weight is 384 g/mol. The highest BCUT2D eigenvalue weighted by Crippen LogP contribution is 2.27. The van der Waals surface area contributed by atoms with Gasteiger partial charge in [-0.05, 0) is 35.4 Å². The number of halogens is 3. The topological polar surface area (TPSA) is 49.4 Å². The Morgan fingerprint density at radius 2 is 1.67 bits per heavy atom. The van der Waals surface area contributed by atoms with Crippen molar-refractivity contribution in [2.45, 2.75) is 19.0 Å². The largest absolute Gasteiger partial charge is 0.330 e. The number of benzene rings is 2. The van der Waals surface area contributed by atoms with Crippen molar-refractivity contribution in [3.05, 3.63) is 68.7 Å². The van der Waals surface area contributed by atoms with Crippen molar-refractivity contribution >= 4 is 46.7 Å². The Morgan fingerprint density at radius 3 is 2.29 bits per heavy atom. The summed E-state index contributed by atoms with van der Waals surface area (Å²) in [6.45, 7) is 0.105. The van der Waals surface area contributed by atoms with E-state index in [2.05, 4.69) is 5.32 Å². The molecule has 2 aromatic carbocycles. The number of nitrogens with one attached hydrogen (secondary N) is 1. The first-order chi connectivity index (χ1) is 11.4. The molecule has 124 valence electrons. The van der Waals surface area contributed by atoms with E-state index < -0.39 is 6.03 Å². The maximum atomic E-state index is 12.4. The zero-order valence-electron chi connectivity index (χ0n) is 12.4. The van der Waals surface area contributed by atoms with E-state index in [-0.39, 0.29) is 24.9 Å². The first-order valence-corrected chi connectivity index (χ1v) is 8.37. The summed E-state index contributed by atoms with van der Waals surface area (Å²) in [6, 6.07) is 11.2. The molecule has 7 heteroatoms. The summed E-state index contributed by atoms with van der Waals surface area (Å²) in [5.74, 6) is -0.260. The Kier molecular flexibility index (Phi) is 4.99. The lowest BCUT2D eigenvalue weighted by molar-refractivity contribution is -0.130. The van der Waals surface area contributed by atoms with Gasteiger partial charge >= 0.3 is 6.03 Å². The van der Waals surface area contributed by atoms with Crippen LogP contribution in [0.2, 0.25) is 15.1 Å². The maximum Gasteiger partial charge on any atom is 0.324 e. The molecule has 1 aliphatic rings. The molecule has 1 N–H and O–H groups in total. The number of amides is 3. The number of imide groups is 1. The van der Waals surface area contributed by atoms with Crippen molar-refractivity contribution in [3.8, 4) is 0 Å². The standard InChI is InChI=1S/C17H13Cl3N2O2/c18-12-4-1-10(2-5-12)15-8-16(23)22(17(24)21-15)9-11-3-6-13(19)7-14(11)20/h1-7,15H,8-9H2,(H,21,24)/t15-/m1/s1. The summed E-state index contributed by atoms with van der Waals surface area (Å²) in [6.07, 6.45) is 0.179. The normalized spacial score (nSPS) is 17.8. The van der Waals surface area contributed by atoms with Gasteiger partial charge in [0.05, 0.1) is 19.0 Å². The van der Waals surface area contributed by atoms with Crippen molar-refractivity contribution in [3.63, 3.8) is 0 Å². The second-order valence-corrected chi connectivity index (χ2v) is 6.75. The third-order valence-corrected chi connectivity index (χ3v) is 4.68. The van der Waals surface area contributed by atoms with Gasteiger partial charge in [-0.25, -0.2) is 4.79 Å². The molecule has 1 heterocycles. The zero-order chi connectivity index (χ0) is 17.3. The number of hydrogen-bond acceptors (Lipinski definition) is 2. The van der Waals surface area contributed by atoms with Gasteiger partial charge in [0.2, 0.25) is 5.91 Å². The summed E-state index contributed by atoms with van der Waals surface area (Å²) >= 11 is 17.8. The summed E-state index contributed by atoms with van der Waals surface area (Å²) in [4.78, 5) is 25.9. The lowest BCUT2D eigenvalue weighted by Gasteiger charge is -2.31. The molecular formula is C17H13Cl3N2O2. The fourth-order valence-electron chi connectivity index (χ4n) is 2.55. The number of hydrogen-bond donors (Lipinski definition) is 1. The van der Waals surface area contributed by atoms with Crippen LogP contribution in [0.15, 0.2) is 42.5 Å². The van der Waals surface area contributed by atoms with E-state index in [0.717, 1.165) is 10.5 Å². The number of rotatable bonds is 3. The SMILES string of the molecule is O=C1C[C@H](c2ccc(Cl)cc2)NC(=O)N1Cc1ccc(Cl)cc1Cl. The molecule has 3 rings (SSSR count). The molecule has 0 aromatic heterocycles. The molecule has 0 saturated carbocycles. The molecule has 1 aliphatic heterocycles. The van der Waals surface area contributed by atoms with Gasteiger partial charge in [0, 0.05) is 15.1 Å². The van der Waals surface area contributed by atoms with Crippen LogP contribution in [0, 0.1) is 0 Å². The average Bonchev–Trinajstić information content (AvgIpc) is 2.53. The van der Waals surface area contributed by atoms with E-state index in [4.69, 9.17) is 34.8 Å². The minimum absolute atomic E-state index is 0.105. The van der Waals surface area contributed by atoms with Gasteiger partial charge in [-0.2, -0.15) is 0 Å². The van der Waals surface area contributed by atoms with Crippen molar-refractivity contribution in [1.29, 1.82) is 0 Å². The van der Waals surface area contributed by atoms with Gasteiger partial charge in [-0.15, -0.1) is 0 Å². The van der Waals surface area contributed by atoms with Gasteiger partial charge in [-0.3, -0.25) is 9.69 Å². The van der Waals surface area contributed by atoms with Gasteiger partial charge < -0.3 is 5.32 Å². The highest BCUT2D eigenvalue weighted by Gasteiger charge is 2.33. The van der Waals surface area contributed by atoms with E-state index in [1.54, 1.807) is 42.5 Å². The van der Waals surface area contributed by atoms with E-state index >= 15 is 0 Å². The third kappa shape index (κ3) is 3.66. The molecule has 0 aliphatic carbocycles. The van der Waals surface area contributed by atoms with Crippen molar-refractivity contribution in [2.75, 3.05) is 0 Å². The summed E-state index contributed by atoms with van der Waals surface area (Å²) in [7, 11) is 0. The molecule has 0 unspecified atom stereocenters. The van der Waals surface area contributed by atoms with Crippen molar-refractivity contribution < 1.29 is 9.59 Å². The molecule has 4 nitrogen and oxygen atoms in total. The van der Waals surface area contributed by atoms with Crippen LogP contribution in [-0.2, 0) is 11.3 Å². The number of carbonyl (C=O) groups excluding carboxylic acids is 2. The molecule has 1 saturated heterocycles. The molecule has 0 radical (unpaired) electrons. The maximum absolute atomic E-state index is 12.4.